The Morgan fingerprint density at radius 3 is 2.81 bits per heavy atom. The summed E-state index contributed by atoms with van der Waals surface area (Å²) in [4.78, 5) is 12.7. The van der Waals surface area contributed by atoms with Crippen LogP contribution in [0, 0.1) is 17.2 Å². The van der Waals surface area contributed by atoms with E-state index in [2.05, 4.69) is 31.8 Å². The van der Waals surface area contributed by atoms with E-state index in [1.165, 1.54) is 0 Å². The van der Waals surface area contributed by atoms with Crippen molar-refractivity contribution in [2.75, 3.05) is 0 Å². The number of nitriles is 1. The van der Waals surface area contributed by atoms with Crippen molar-refractivity contribution in [1.29, 1.82) is 5.26 Å². The van der Waals surface area contributed by atoms with Gasteiger partial charge >= 0.3 is 0 Å². The van der Waals surface area contributed by atoms with Crippen molar-refractivity contribution in [3.63, 3.8) is 0 Å². The number of aliphatic hydroxyl groups is 1. The van der Waals surface area contributed by atoms with E-state index in [1.54, 1.807) is 18.5 Å². The number of nitrogens with one attached hydrogen (secondary N) is 1. The normalized spacial score (nSPS) is 19.8. The van der Waals surface area contributed by atoms with E-state index in [1.807, 2.05) is 24.8 Å². The summed E-state index contributed by atoms with van der Waals surface area (Å²) in [6, 6.07) is 4.71. The molecule has 0 atom stereocenters. The van der Waals surface area contributed by atoms with Gasteiger partial charge in [-0.15, -0.1) is 0 Å². The molecule has 0 radical (unpaired) electrons. The molecule has 0 saturated heterocycles. The summed E-state index contributed by atoms with van der Waals surface area (Å²) in [5.41, 5.74) is 2.92. The van der Waals surface area contributed by atoms with Gasteiger partial charge in [0.1, 0.15) is 17.0 Å². The van der Waals surface area contributed by atoms with Gasteiger partial charge in [-0.2, -0.15) is 10.4 Å². The molecule has 0 bridgehead atoms. The van der Waals surface area contributed by atoms with Gasteiger partial charge in [-0.1, -0.05) is 0 Å². The number of imidazole rings is 1. The maximum Gasteiger partial charge on any atom is 0.144 e. The summed E-state index contributed by atoms with van der Waals surface area (Å²) in [7, 11) is 0. The molecular weight excluding hydrogens is 390 g/mol. The van der Waals surface area contributed by atoms with E-state index in [-0.39, 0.29) is 0 Å². The highest BCUT2D eigenvalue weighted by Gasteiger charge is 2.28. The predicted molar refractivity (Wildman–Crippen MR) is 118 cm³/mol. The Morgan fingerprint density at radius 2 is 2.06 bits per heavy atom. The number of rotatable bonds is 5. The number of aromatic amines is 1. The van der Waals surface area contributed by atoms with Crippen LogP contribution in [0.5, 0.6) is 0 Å². The molecule has 4 aromatic heterocycles. The number of nitrogens with zero attached hydrogens (tertiary/aromatic N) is 6. The van der Waals surface area contributed by atoms with Crippen LogP contribution < -0.4 is 0 Å². The van der Waals surface area contributed by atoms with Crippen LogP contribution in [-0.4, -0.2) is 40.0 Å². The third-order valence-electron chi connectivity index (χ3n) is 6.24. The van der Waals surface area contributed by atoms with Crippen molar-refractivity contribution in [3.8, 4) is 17.5 Å². The first kappa shape index (κ1) is 19.8. The Balaban J connectivity index is 1.62. The van der Waals surface area contributed by atoms with Crippen LogP contribution in [0.3, 0.4) is 0 Å². The molecule has 0 spiro atoms. The molecule has 0 aromatic carbocycles. The number of H-pyrrole nitrogens is 1. The third kappa shape index (κ3) is 3.70. The summed E-state index contributed by atoms with van der Waals surface area (Å²) in [5.74, 6) is 1.37. The number of pyridine rings is 1. The lowest BCUT2D eigenvalue weighted by Crippen LogP contribution is -2.26. The summed E-state index contributed by atoms with van der Waals surface area (Å²) >= 11 is 0. The molecule has 0 unspecified atom stereocenters. The number of aromatic nitrogens is 6. The molecule has 1 aliphatic rings. The van der Waals surface area contributed by atoms with Gasteiger partial charge in [-0.05, 0) is 51.5 Å². The second-order valence-electron chi connectivity index (χ2n) is 9.31. The van der Waals surface area contributed by atoms with Crippen LogP contribution in [0.15, 0.2) is 30.9 Å². The highest BCUT2D eigenvalue weighted by Crippen LogP contribution is 2.40. The number of hydrogen-bond donors (Lipinski definition) is 2. The van der Waals surface area contributed by atoms with E-state index in [4.69, 9.17) is 10.2 Å². The molecule has 8 heteroatoms. The maximum absolute atomic E-state index is 10.2. The lowest BCUT2D eigenvalue weighted by Gasteiger charge is -2.29. The van der Waals surface area contributed by atoms with Gasteiger partial charge in [0.25, 0.3) is 0 Å². The Labute approximate surface area is 180 Å². The van der Waals surface area contributed by atoms with Crippen molar-refractivity contribution in [2.24, 2.45) is 5.92 Å². The molecule has 5 rings (SSSR count). The summed E-state index contributed by atoms with van der Waals surface area (Å²) < 4.78 is 4.13. The second-order valence-corrected chi connectivity index (χ2v) is 9.31. The first-order valence-electron chi connectivity index (χ1n) is 10.9. The highest BCUT2D eigenvalue weighted by molar-refractivity contribution is 6.02. The molecule has 4 heterocycles. The first-order chi connectivity index (χ1) is 14.9. The molecule has 2 N–H and O–H groups in total. The van der Waals surface area contributed by atoms with E-state index < -0.39 is 5.60 Å². The van der Waals surface area contributed by atoms with Crippen LogP contribution in [-0.2, 0) is 6.54 Å². The quantitative estimate of drug-likeness (QED) is 0.506. The third-order valence-corrected chi connectivity index (χ3v) is 6.24. The lowest BCUT2D eigenvalue weighted by molar-refractivity contribution is 0.0577. The van der Waals surface area contributed by atoms with Crippen LogP contribution in [0.2, 0.25) is 0 Å². The topological polar surface area (TPSA) is 108 Å². The van der Waals surface area contributed by atoms with Gasteiger partial charge in [0.05, 0.1) is 41.7 Å². The summed E-state index contributed by atoms with van der Waals surface area (Å²) in [6.07, 6.45) is 12.3. The van der Waals surface area contributed by atoms with Crippen molar-refractivity contribution >= 4 is 22.1 Å². The van der Waals surface area contributed by atoms with Crippen LogP contribution in [0.4, 0.5) is 0 Å². The van der Waals surface area contributed by atoms with Crippen molar-refractivity contribution in [1.82, 2.24) is 29.3 Å². The zero-order chi connectivity index (χ0) is 21.6. The number of fused-ring (bicyclic) bond motifs is 3. The van der Waals surface area contributed by atoms with Gasteiger partial charge in [-0.25, -0.2) is 9.97 Å². The van der Waals surface area contributed by atoms with E-state index in [9.17, 15) is 5.11 Å². The maximum atomic E-state index is 10.2. The van der Waals surface area contributed by atoms with Crippen LogP contribution in [0.25, 0.3) is 33.5 Å². The molecule has 1 fully saturated rings. The van der Waals surface area contributed by atoms with Gasteiger partial charge in [0, 0.05) is 30.2 Å². The summed E-state index contributed by atoms with van der Waals surface area (Å²) in [5, 5.41) is 24.8. The molecule has 160 valence electrons. The molecule has 8 nitrogen and oxygen atoms in total. The van der Waals surface area contributed by atoms with E-state index >= 15 is 0 Å². The molecule has 31 heavy (non-hydrogen) atoms. The zero-order valence-electron chi connectivity index (χ0n) is 17.9. The number of hydrogen-bond acceptors (Lipinski definition) is 5. The van der Waals surface area contributed by atoms with Crippen molar-refractivity contribution in [3.05, 3.63) is 30.9 Å². The SMILES string of the molecule is CC(C)(O)Cn1cc(-c2nc3cnc4[nH]ccc4c3n2[C@H]2CC[C@H](CC#N)CC2)cn1. The Bertz CT molecular complexity index is 1260. The minimum absolute atomic E-state index is 0.313. The standard InChI is InChI=1S/C23H27N7O/c1-23(2,31)14-29-13-16(11-27-29)22-28-19-12-26-21-18(8-10-25-21)20(19)30(22)17-5-3-15(4-6-17)7-9-24/h8,10-13,15,17,31H,3-7,14H2,1-2H3,(H,25,26)/t15-,17-. The average molecular weight is 418 g/mol. The van der Waals surface area contributed by atoms with E-state index in [0.717, 1.165) is 59.1 Å². The Morgan fingerprint density at radius 1 is 1.26 bits per heavy atom. The molecule has 0 aliphatic heterocycles. The van der Waals surface area contributed by atoms with Crippen molar-refractivity contribution in [2.45, 2.75) is 64.1 Å². The molecule has 0 amide bonds. The van der Waals surface area contributed by atoms with Gasteiger partial charge in [-0.3, -0.25) is 4.68 Å². The fraction of sp³-hybridized carbons (Fsp3) is 0.478. The van der Waals surface area contributed by atoms with Crippen LogP contribution in [0.1, 0.15) is 52.0 Å². The summed E-state index contributed by atoms with van der Waals surface area (Å²) in [6.45, 7) is 3.96. The minimum atomic E-state index is -0.843. The molecule has 1 saturated carbocycles. The largest absolute Gasteiger partial charge is 0.389 e. The van der Waals surface area contributed by atoms with E-state index in [0.29, 0.717) is 24.9 Å². The first-order valence-corrected chi connectivity index (χ1v) is 10.9. The van der Waals surface area contributed by atoms with Crippen LogP contribution >= 0.6 is 0 Å². The average Bonchev–Trinajstić information content (AvgIpc) is 3.44. The van der Waals surface area contributed by atoms with Crippen molar-refractivity contribution < 1.29 is 5.11 Å². The van der Waals surface area contributed by atoms with Gasteiger partial charge < -0.3 is 14.7 Å². The Kier molecular flexibility index (Phi) is 4.78. The highest BCUT2D eigenvalue weighted by atomic mass is 16.3. The van der Waals surface area contributed by atoms with Gasteiger partial charge in [0.2, 0.25) is 0 Å². The second kappa shape index (κ2) is 7.50. The fourth-order valence-corrected chi connectivity index (χ4v) is 4.85. The smallest absolute Gasteiger partial charge is 0.144 e. The molecule has 1 aliphatic carbocycles. The lowest BCUT2D eigenvalue weighted by atomic mass is 9.84. The molecule has 4 aromatic rings. The zero-order valence-corrected chi connectivity index (χ0v) is 17.9. The Hall–Kier alpha value is -3.18. The molecular formula is C23H27N7O. The predicted octanol–water partition coefficient (Wildman–Crippen LogP) is 4.19. The minimum Gasteiger partial charge on any atom is -0.389 e. The van der Waals surface area contributed by atoms with Gasteiger partial charge in [0.15, 0.2) is 0 Å². The fourth-order valence-electron chi connectivity index (χ4n) is 4.85. The monoisotopic (exact) mass is 417 g/mol.